The van der Waals surface area contributed by atoms with E-state index in [1.54, 1.807) is 41.6 Å². The van der Waals surface area contributed by atoms with Crippen molar-refractivity contribution in [1.82, 2.24) is 54.4 Å². The minimum atomic E-state index is -1.17. The van der Waals surface area contributed by atoms with Crippen LogP contribution in [0.4, 0.5) is 0 Å². The molecule has 0 aromatic carbocycles. The lowest BCUT2D eigenvalue weighted by Gasteiger charge is -2.11. The van der Waals surface area contributed by atoms with Crippen LogP contribution in [0.25, 0.3) is 23.8 Å². The summed E-state index contributed by atoms with van der Waals surface area (Å²) in [6.07, 6.45) is 12.7. The third-order valence-electron chi connectivity index (χ3n) is 5.12. The zero-order valence-corrected chi connectivity index (χ0v) is 19.8. The summed E-state index contributed by atoms with van der Waals surface area (Å²) in [6.45, 7) is 1.53. The molecule has 1 aliphatic rings. The fourth-order valence-corrected chi connectivity index (χ4v) is 3.29. The highest BCUT2D eigenvalue weighted by molar-refractivity contribution is 5.90. The van der Waals surface area contributed by atoms with Gasteiger partial charge in [0.15, 0.2) is 0 Å². The van der Waals surface area contributed by atoms with E-state index in [2.05, 4.69) is 30.8 Å². The number of hydrogen-bond donors (Lipinski definition) is 1. The fourth-order valence-electron chi connectivity index (χ4n) is 3.29. The third kappa shape index (κ3) is 6.17. The maximum Gasteiger partial charge on any atom is 0.372 e. The van der Waals surface area contributed by atoms with Crippen LogP contribution in [-0.4, -0.2) is 84.5 Å². The van der Waals surface area contributed by atoms with E-state index in [4.69, 9.17) is 5.11 Å². The van der Waals surface area contributed by atoms with E-state index in [0.29, 0.717) is 11.4 Å². The molecule has 194 valence electrons. The highest BCUT2D eigenvalue weighted by atomic mass is 16.4. The molecule has 5 rings (SSSR count). The highest BCUT2D eigenvalue weighted by Crippen LogP contribution is 2.07. The quantitative estimate of drug-likeness (QED) is 0.317. The minimum Gasteiger partial charge on any atom is -0.478 e. The molecule has 0 bridgehead atoms. The first kappa shape index (κ1) is 25.5. The molecule has 4 aromatic rings. The van der Waals surface area contributed by atoms with Crippen LogP contribution in [0.15, 0.2) is 70.8 Å². The van der Waals surface area contributed by atoms with Crippen molar-refractivity contribution in [2.75, 3.05) is 13.1 Å². The normalized spacial score (nSPS) is 13.1. The lowest BCUT2D eigenvalue weighted by molar-refractivity contribution is -0.131. The monoisotopic (exact) mass is 519 g/mol. The number of pyridine rings is 2. The topological polar surface area (TPSA) is 189 Å². The predicted octanol–water partition coefficient (Wildman–Crippen LogP) is -0.704. The van der Waals surface area contributed by atoms with E-state index in [0.717, 1.165) is 56.9 Å². The highest BCUT2D eigenvalue weighted by Gasteiger charge is 2.15. The maximum atomic E-state index is 12.1. The summed E-state index contributed by atoms with van der Waals surface area (Å²) < 4.78 is 3.99. The molecule has 0 aliphatic carbocycles. The van der Waals surface area contributed by atoms with Crippen molar-refractivity contribution in [2.24, 2.45) is 0 Å². The van der Waals surface area contributed by atoms with Gasteiger partial charge in [-0.1, -0.05) is 0 Å². The number of amides is 1. The van der Waals surface area contributed by atoms with Crippen molar-refractivity contribution < 1.29 is 14.7 Å². The van der Waals surface area contributed by atoms with Gasteiger partial charge in [0.05, 0.1) is 23.8 Å². The van der Waals surface area contributed by atoms with Gasteiger partial charge in [0.1, 0.15) is 0 Å². The fraction of sp³-hybridized carbons (Fsp3) is 0.182. The molecule has 5 heterocycles. The Balaban J connectivity index is 0.000000181. The smallest absolute Gasteiger partial charge is 0.372 e. The number of carboxylic acid groups (broad SMARTS) is 1. The number of hydrogen-bond acceptors (Lipinski definition) is 10. The van der Waals surface area contributed by atoms with Gasteiger partial charge in [0, 0.05) is 50.0 Å². The summed E-state index contributed by atoms with van der Waals surface area (Å²) in [6, 6.07) is 6.68. The minimum absolute atomic E-state index is 0.115. The van der Waals surface area contributed by atoms with E-state index in [1.807, 2.05) is 0 Å². The average molecular weight is 519 g/mol. The number of rotatable bonds is 6. The second kappa shape index (κ2) is 11.9. The molecule has 1 saturated heterocycles. The Labute approximate surface area is 213 Å². The molecule has 38 heavy (non-hydrogen) atoms. The molecule has 4 aromatic heterocycles. The third-order valence-corrected chi connectivity index (χ3v) is 5.12. The number of aliphatic carboxylic acids is 1. The summed E-state index contributed by atoms with van der Waals surface area (Å²) in [5.74, 6) is -1.29. The lowest BCUT2D eigenvalue weighted by atomic mass is 10.4. The Morgan fingerprint density at radius 2 is 1.26 bits per heavy atom. The van der Waals surface area contributed by atoms with Crippen molar-refractivity contribution >= 4 is 24.3 Å². The summed E-state index contributed by atoms with van der Waals surface area (Å²) in [5, 5.41) is 23.0. The second-order valence-corrected chi connectivity index (χ2v) is 7.66. The molecule has 0 saturated carbocycles. The Bertz CT molecular complexity index is 1560. The number of tetrazole rings is 2. The van der Waals surface area contributed by atoms with E-state index in [1.165, 1.54) is 24.7 Å². The largest absolute Gasteiger partial charge is 0.478 e. The van der Waals surface area contributed by atoms with E-state index < -0.39 is 17.3 Å². The molecule has 1 amide bonds. The standard InChI is InChI=1S/C13H14N6O2.C9H7N5O3/c20-12(17-7-1-2-8-17)5-9-18-13(21)19(16-15-18)11-4-3-6-14-10-11;15-8(16)3-5-13-9(17)14(12-11-13)7-2-1-4-10-6-7/h3-6,9-10H,1-2,7-8H2;1-6H,(H,15,16)/b9-5+;5-3+. The number of aromatic nitrogens is 10. The first-order valence-corrected chi connectivity index (χ1v) is 11.2. The van der Waals surface area contributed by atoms with Gasteiger partial charge < -0.3 is 10.0 Å². The van der Waals surface area contributed by atoms with Crippen molar-refractivity contribution in [3.8, 4) is 11.4 Å². The summed E-state index contributed by atoms with van der Waals surface area (Å²) in [7, 11) is 0. The van der Waals surface area contributed by atoms with E-state index in [9.17, 15) is 19.2 Å². The zero-order valence-electron chi connectivity index (χ0n) is 19.8. The van der Waals surface area contributed by atoms with Gasteiger partial charge in [-0.3, -0.25) is 14.8 Å². The Hall–Kier alpha value is -5.54. The van der Waals surface area contributed by atoms with Gasteiger partial charge in [0.2, 0.25) is 5.91 Å². The Morgan fingerprint density at radius 3 is 1.71 bits per heavy atom. The molecule has 0 spiro atoms. The van der Waals surface area contributed by atoms with Gasteiger partial charge in [-0.15, -0.1) is 0 Å². The summed E-state index contributed by atoms with van der Waals surface area (Å²) >= 11 is 0. The van der Waals surface area contributed by atoms with Crippen LogP contribution >= 0.6 is 0 Å². The first-order chi connectivity index (χ1) is 18.4. The van der Waals surface area contributed by atoms with Crippen LogP contribution in [-0.2, 0) is 9.59 Å². The molecule has 0 radical (unpaired) electrons. The first-order valence-electron chi connectivity index (χ1n) is 11.2. The number of carbonyl (C=O) groups is 2. The van der Waals surface area contributed by atoms with Crippen molar-refractivity contribution in [1.29, 1.82) is 0 Å². The zero-order chi connectivity index (χ0) is 26.9. The SMILES string of the molecule is O=C(/C=C/n1nnn(-c2cccnc2)c1=O)N1CCCC1.O=C(O)/C=C/n1nnn(-c2cccnc2)c1=O. The number of carboxylic acids is 1. The van der Waals surface area contributed by atoms with Gasteiger partial charge in [-0.05, 0) is 58.0 Å². The van der Waals surface area contributed by atoms with Crippen molar-refractivity contribution in [3.63, 3.8) is 0 Å². The molecular weight excluding hydrogens is 498 g/mol. The van der Waals surface area contributed by atoms with Crippen LogP contribution in [0.5, 0.6) is 0 Å². The number of carbonyl (C=O) groups excluding carboxylic acids is 1. The molecule has 16 nitrogen and oxygen atoms in total. The average Bonchev–Trinajstić information content (AvgIpc) is 3.68. The van der Waals surface area contributed by atoms with Crippen LogP contribution in [0.2, 0.25) is 0 Å². The molecule has 16 heteroatoms. The van der Waals surface area contributed by atoms with Gasteiger partial charge in [-0.2, -0.15) is 18.7 Å². The molecule has 1 aliphatic heterocycles. The molecule has 0 atom stereocenters. The number of likely N-dealkylation sites (tertiary alicyclic amines) is 1. The molecular formula is C22H21N11O5. The van der Waals surface area contributed by atoms with E-state index >= 15 is 0 Å². The van der Waals surface area contributed by atoms with Crippen LogP contribution in [0.3, 0.4) is 0 Å². The molecule has 1 N–H and O–H groups in total. The number of nitrogens with zero attached hydrogens (tertiary/aromatic N) is 11. The van der Waals surface area contributed by atoms with Crippen LogP contribution < -0.4 is 11.4 Å². The molecule has 0 unspecified atom stereocenters. The Morgan fingerprint density at radius 1 is 0.763 bits per heavy atom. The van der Waals surface area contributed by atoms with Gasteiger partial charge in [-0.25, -0.2) is 14.4 Å². The van der Waals surface area contributed by atoms with Crippen LogP contribution in [0, 0.1) is 0 Å². The van der Waals surface area contributed by atoms with Gasteiger partial charge >= 0.3 is 17.3 Å². The summed E-state index contributed by atoms with van der Waals surface area (Å²) in [4.78, 5) is 55.5. The lowest BCUT2D eigenvalue weighted by Crippen LogP contribution is -2.26. The maximum absolute atomic E-state index is 12.1. The van der Waals surface area contributed by atoms with Crippen molar-refractivity contribution in [2.45, 2.75) is 12.8 Å². The van der Waals surface area contributed by atoms with E-state index in [-0.39, 0.29) is 5.91 Å². The van der Waals surface area contributed by atoms with Crippen molar-refractivity contribution in [3.05, 3.63) is 82.2 Å². The summed E-state index contributed by atoms with van der Waals surface area (Å²) in [5.41, 5.74) is -0.0514. The van der Waals surface area contributed by atoms with Gasteiger partial charge in [0.25, 0.3) is 0 Å². The van der Waals surface area contributed by atoms with Crippen LogP contribution in [0.1, 0.15) is 12.8 Å². The second-order valence-electron chi connectivity index (χ2n) is 7.66. The molecule has 1 fully saturated rings. The Kier molecular flexibility index (Phi) is 8.02. The predicted molar refractivity (Wildman–Crippen MR) is 131 cm³/mol.